The molecule has 0 heterocycles. The molecule has 0 spiro atoms. The second-order valence-electron chi connectivity index (χ2n) is 1.88. The molecule has 0 aromatic rings. The van der Waals surface area contributed by atoms with Gasteiger partial charge in [0.2, 0.25) is 0 Å². The Morgan fingerprint density at radius 1 is 1.58 bits per heavy atom. The molecule has 0 aliphatic rings. The molecule has 0 aromatic carbocycles. The Kier molecular flexibility index (Phi) is 4.73. The summed E-state index contributed by atoms with van der Waals surface area (Å²) in [6, 6.07) is 0. The summed E-state index contributed by atoms with van der Waals surface area (Å²) in [6.07, 6.45) is -1.12. The molecular formula is C5H9BrO5S. The Balaban J connectivity index is 4.05. The molecule has 1 unspecified atom stereocenters. The van der Waals surface area contributed by atoms with Crippen LogP contribution in [0.5, 0.6) is 0 Å². The maximum absolute atomic E-state index is 10.8. The second kappa shape index (κ2) is 4.78. The van der Waals surface area contributed by atoms with Crippen LogP contribution in [-0.2, 0) is 22.3 Å². The summed E-state index contributed by atoms with van der Waals surface area (Å²) in [5.74, 6) is -0.708. The first kappa shape index (κ1) is 11.9. The minimum Gasteiger partial charge on any atom is -0.464 e. The van der Waals surface area contributed by atoms with Crippen molar-refractivity contribution in [3.05, 3.63) is 0 Å². The van der Waals surface area contributed by atoms with Crippen LogP contribution in [-0.4, -0.2) is 27.1 Å². The van der Waals surface area contributed by atoms with E-state index in [0.29, 0.717) is 0 Å². The Morgan fingerprint density at radius 3 is 2.42 bits per heavy atom. The molecule has 0 bridgehead atoms. The van der Waals surface area contributed by atoms with E-state index in [9.17, 15) is 13.2 Å². The van der Waals surface area contributed by atoms with Gasteiger partial charge in [0.05, 0.1) is 21.4 Å². The highest BCUT2D eigenvalue weighted by atomic mass is 79.9. The Hall–Kier alpha value is -0.140. The van der Waals surface area contributed by atoms with Crippen LogP contribution in [0.3, 0.4) is 0 Å². The fraction of sp³-hybridized carbons (Fsp3) is 0.800. The minimum atomic E-state index is -3.78. The zero-order chi connectivity index (χ0) is 9.78. The molecule has 1 atom stereocenters. The average Bonchev–Trinajstić information content (AvgIpc) is 1.84. The van der Waals surface area contributed by atoms with Gasteiger partial charge < -0.3 is 4.74 Å². The van der Waals surface area contributed by atoms with Crippen LogP contribution in [0.25, 0.3) is 0 Å². The first-order valence-electron chi connectivity index (χ1n) is 3.16. The van der Waals surface area contributed by atoms with E-state index in [4.69, 9.17) is 0 Å². The van der Waals surface area contributed by atoms with Crippen LogP contribution in [0.2, 0.25) is 0 Å². The normalized spacial score (nSPS) is 13.9. The molecule has 0 rings (SSSR count). The predicted molar refractivity (Wildman–Crippen MR) is 45.0 cm³/mol. The molecule has 0 saturated carbocycles. The van der Waals surface area contributed by atoms with E-state index in [-0.39, 0.29) is 6.61 Å². The van der Waals surface area contributed by atoms with Crippen molar-refractivity contribution in [3.8, 4) is 0 Å². The number of esters is 1. The van der Waals surface area contributed by atoms with E-state index in [1.54, 1.807) is 6.92 Å². The summed E-state index contributed by atoms with van der Waals surface area (Å²) < 4.78 is 29.6. The smallest absolute Gasteiger partial charge is 0.336 e. The highest BCUT2D eigenvalue weighted by Crippen LogP contribution is 2.07. The maximum atomic E-state index is 10.8. The number of carbonyl (C=O) groups is 1. The number of hydrogen-bond acceptors (Lipinski definition) is 5. The van der Waals surface area contributed by atoms with Crippen LogP contribution in [0.1, 0.15) is 13.8 Å². The Labute approximate surface area is 78.4 Å². The topological polar surface area (TPSA) is 69.7 Å². The van der Waals surface area contributed by atoms with Gasteiger partial charge in [-0.25, -0.2) is 8.98 Å². The zero-order valence-corrected chi connectivity index (χ0v) is 9.01. The lowest BCUT2D eigenvalue weighted by atomic mass is 10.4. The molecular weight excluding hydrogens is 252 g/mol. The van der Waals surface area contributed by atoms with Gasteiger partial charge in [-0.2, -0.15) is 8.42 Å². The van der Waals surface area contributed by atoms with E-state index in [1.165, 1.54) is 6.92 Å². The predicted octanol–water partition coefficient (Wildman–Crippen LogP) is 0.594. The van der Waals surface area contributed by atoms with Crippen LogP contribution in [0, 0.1) is 0 Å². The van der Waals surface area contributed by atoms with Crippen LogP contribution >= 0.6 is 14.8 Å². The molecule has 7 heteroatoms. The van der Waals surface area contributed by atoms with Crippen molar-refractivity contribution in [2.24, 2.45) is 0 Å². The fourth-order valence-electron chi connectivity index (χ4n) is 0.471. The van der Waals surface area contributed by atoms with Crippen molar-refractivity contribution >= 4 is 29.3 Å². The van der Waals surface area contributed by atoms with E-state index in [2.05, 4.69) is 23.7 Å². The summed E-state index contributed by atoms with van der Waals surface area (Å²) in [6.45, 7) is 3.10. The van der Waals surface area contributed by atoms with Gasteiger partial charge >= 0.3 is 14.5 Å². The van der Waals surface area contributed by atoms with E-state index < -0.39 is 20.6 Å². The average molecular weight is 261 g/mol. The van der Waals surface area contributed by atoms with Gasteiger partial charge in [-0.1, -0.05) is 0 Å². The monoisotopic (exact) mass is 260 g/mol. The number of ether oxygens (including phenoxy) is 1. The van der Waals surface area contributed by atoms with E-state index in [0.717, 1.165) is 0 Å². The van der Waals surface area contributed by atoms with Gasteiger partial charge in [0, 0.05) is 0 Å². The summed E-state index contributed by atoms with van der Waals surface area (Å²) in [4.78, 5) is 10.8. The maximum Gasteiger partial charge on any atom is 0.336 e. The lowest BCUT2D eigenvalue weighted by Crippen LogP contribution is -2.24. The van der Waals surface area contributed by atoms with Gasteiger partial charge in [-0.05, 0) is 13.8 Å². The van der Waals surface area contributed by atoms with Crippen molar-refractivity contribution in [1.29, 1.82) is 0 Å². The van der Waals surface area contributed by atoms with Crippen LogP contribution < -0.4 is 0 Å². The third-order valence-corrected chi connectivity index (χ3v) is 1.85. The number of hydrogen-bond donors (Lipinski definition) is 0. The van der Waals surface area contributed by atoms with Gasteiger partial charge in [0.25, 0.3) is 0 Å². The molecule has 0 amide bonds. The van der Waals surface area contributed by atoms with Crippen molar-refractivity contribution in [3.63, 3.8) is 0 Å². The first-order valence-corrected chi connectivity index (χ1v) is 6.41. The molecule has 72 valence electrons. The van der Waals surface area contributed by atoms with Crippen molar-refractivity contribution < 1.29 is 22.1 Å². The van der Waals surface area contributed by atoms with Crippen molar-refractivity contribution in [1.82, 2.24) is 0 Å². The third-order valence-electron chi connectivity index (χ3n) is 0.878. The summed E-state index contributed by atoms with van der Waals surface area (Å²) in [5, 5.41) is 0. The lowest BCUT2D eigenvalue weighted by molar-refractivity contribution is -0.150. The fourth-order valence-corrected chi connectivity index (χ4v) is 1.58. The third kappa shape index (κ3) is 5.50. The van der Waals surface area contributed by atoms with Gasteiger partial charge in [0.15, 0.2) is 6.10 Å². The minimum absolute atomic E-state index is 0.189. The quantitative estimate of drug-likeness (QED) is 0.547. The highest BCUT2D eigenvalue weighted by molar-refractivity contribution is 9.46. The van der Waals surface area contributed by atoms with Crippen LogP contribution in [0.4, 0.5) is 0 Å². The molecule has 0 aromatic heterocycles. The molecule has 12 heavy (non-hydrogen) atoms. The Bertz CT molecular complexity index is 247. The van der Waals surface area contributed by atoms with Crippen molar-refractivity contribution in [2.45, 2.75) is 20.0 Å². The largest absolute Gasteiger partial charge is 0.464 e. The van der Waals surface area contributed by atoms with Gasteiger partial charge in [-0.3, -0.25) is 0 Å². The number of halogens is 1. The molecule has 5 nitrogen and oxygen atoms in total. The first-order chi connectivity index (χ1) is 5.37. The van der Waals surface area contributed by atoms with Gasteiger partial charge in [-0.15, -0.1) is 0 Å². The second-order valence-corrected chi connectivity index (χ2v) is 5.24. The SMILES string of the molecule is CCOC(=O)C(C)OS(=O)(=O)Br. The summed E-state index contributed by atoms with van der Waals surface area (Å²) in [7, 11) is -3.78. The lowest BCUT2D eigenvalue weighted by Gasteiger charge is -2.07. The Morgan fingerprint density at radius 2 is 2.08 bits per heavy atom. The van der Waals surface area contributed by atoms with Crippen molar-refractivity contribution in [2.75, 3.05) is 6.61 Å². The van der Waals surface area contributed by atoms with E-state index in [1.807, 2.05) is 0 Å². The molecule has 0 radical (unpaired) electrons. The van der Waals surface area contributed by atoms with E-state index >= 15 is 0 Å². The molecule has 0 aliphatic heterocycles. The standard InChI is InChI=1S/C5H9BrO5S/c1-3-10-5(7)4(2)11-12(6,8)9/h4H,3H2,1-2H3. The summed E-state index contributed by atoms with van der Waals surface area (Å²) in [5.41, 5.74) is 0. The molecule has 0 saturated heterocycles. The summed E-state index contributed by atoms with van der Waals surface area (Å²) >= 11 is 2.24. The molecule has 0 N–H and O–H groups in total. The van der Waals surface area contributed by atoms with Gasteiger partial charge in [0.1, 0.15) is 0 Å². The molecule has 0 aliphatic carbocycles. The number of carbonyl (C=O) groups excluding carboxylic acids is 1. The highest BCUT2D eigenvalue weighted by Gasteiger charge is 2.20. The zero-order valence-electron chi connectivity index (χ0n) is 6.61. The molecule has 0 fully saturated rings. The van der Waals surface area contributed by atoms with Crippen LogP contribution in [0.15, 0.2) is 0 Å². The number of rotatable bonds is 4.